The third-order valence-electron chi connectivity index (χ3n) is 5.19. The molecule has 0 radical (unpaired) electrons. The van der Waals surface area contributed by atoms with Crippen molar-refractivity contribution in [2.75, 3.05) is 12.0 Å². The number of rotatable bonds is 4. The summed E-state index contributed by atoms with van der Waals surface area (Å²) in [6.07, 6.45) is 0.810. The molecule has 2 saturated heterocycles. The zero-order chi connectivity index (χ0) is 17.8. The fourth-order valence-corrected chi connectivity index (χ4v) is 4.66. The average molecular weight is 375 g/mol. The van der Waals surface area contributed by atoms with E-state index < -0.39 is 71.1 Å². The molecule has 0 aromatic rings. The Morgan fingerprint density at radius 2 is 0.917 bits per heavy atom. The normalized spacial score (nSPS) is 38.4. The van der Waals surface area contributed by atoms with Crippen molar-refractivity contribution in [3.8, 4) is 0 Å². The Morgan fingerprint density at radius 3 is 1.08 bits per heavy atom. The number of fused-ring (bicyclic) bond motifs is 2. The van der Waals surface area contributed by atoms with Crippen LogP contribution in [0.4, 0.5) is 0 Å². The minimum absolute atomic E-state index is 0.405. The highest BCUT2D eigenvalue weighted by atomic mass is 35.5. The van der Waals surface area contributed by atoms with E-state index in [2.05, 4.69) is 0 Å². The fourth-order valence-electron chi connectivity index (χ4n) is 4.19. The molecule has 1 aliphatic carbocycles. The summed E-state index contributed by atoms with van der Waals surface area (Å²) in [5.41, 5.74) is 0. The second-order valence-corrected chi connectivity index (χ2v) is 6.46. The van der Waals surface area contributed by atoms with Crippen molar-refractivity contribution in [3.63, 3.8) is 0 Å². The minimum Gasteiger partial charge on any atom is -0.303 e. The maximum atomic E-state index is 12.4. The molecule has 2 aliphatic heterocycles. The van der Waals surface area contributed by atoms with E-state index in [-0.39, 0.29) is 0 Å². The predicted octanol–water partition coefficient (Wildman–Crippen LogP) is -0.775. The Bertz CT molecular complexity index is 568. The third kappa shape index (κ3) is 1.92. The first-order chi connectivity index (χ1) is 11.4. The average Bonchev–Trinajstić information content (AvgIpc) is 2.97. The number of halogens is 2. The summed E-state index contributed by atoms with van der Waals surface area (Å²) in [6, 6.07) is -0.848. The number of carbonyl (C=O) groups is 6. The fraction of sp³-hybridized carbons (Fsp3) is 0.571. The first-order valence-electron chi connectivity index (χ1n) is 7.17. The van der Waals surface area contributed by atoms with E-state index in [1.165, 1.54) is 0 Å². The SMILES string of the molecule is O=CC1C2C(=O)N(CCl)C(=O)C2C(C=O)C2C(=O)N(CCl)C(=O)C12. The first kappa shape index (κ1) is 17.0. The molecule has 4 atom stereocenters. The van der Waals surface area contributed by atoms with Gasteiger partial charge in [-0.15, -0.1) is 23.2 Å². The lowest BCUT2D eigenvalue weighted by Crippen LogP contribution is -2.50. The van der Waals surface area contributed by atoms with Gasteiger partial charge in [0.25, 0.3) is 0 Å². The van der Waals surface area contributed by atoms with E-state index in [1.807, 2.05) is 0 Å². The molecule has 1 saturated carbocycles. The number of imide groups is 2. The van der Waals surface area contributed by atoms with Gasteiger partial charge in [0.05, 0.1) is 23.7 Å². The predicted molar refractivity (Wildman–Crippen MR) is 78.2 cm³/mol. The number of carbonyl (C=O) groups excluding carboxylic acids is 6. The van der Waals surface area contributed by atoms with Crippen LogP contribution in [0.3, 0.4) is 0 Å². The highest BCUT2D eigenvalue weighted by Gasteiger charge is 2.67. The van der Waals surface area contributed by atoms with E-state index >= 15 is 0 Å². The van der Waals surface area contributed by atoms with Gasteiger partial charge in [0, 0.05) is 11.8 Å². The molecule has 24 heavy (non-hydrogen) atoms. The van der Waals surface area contributed by atoms with Gasteiger partial charge in [-0.25, -0.2) is 0 Å². The topological polar surface area (TPSA) is 109 Å². The summed E-state index contributed by atoms with van der Waals surface area (Å²) in [5.74, 6) is -9.84. The zero-order valence-corrected chi connectivity index (χ0v) is 13.6. The van der Waals surface area contributed by atoms with Crippen molar-refractivity contribution in [2.24, 2.45) is 35.5 Å². The highest BCUT2D eigenvalue weighted by molar-refractivity contribution is 6.23. The molecule has 0 spiro atoms. The zero-order valence-electron chi connectivity index (χ0n) is 12.1. The summed E-state index contributed by atoms with van der Waals surface area (Å²) in [5, 5.41) is 0. The van der Waals surface area contributed by atoms with E-state index in [0.717, 1.165) is 9.80 Å². The molecular weight excluding hydrogens is 363 g/mol. The molecule has 3 fully saturated rings. The molecule has 2 heterocycles. The molecule has 0 aromatic carbocycles. The second kappa shape index (κ2) is 5.93. The van der Waals surface area contributed by atoms with Crippen molar-refractivity contribution < 1.29 is 28.8 Å². The molecule has 8 nitrogen and oxygen atoms in total. The number of aldehydes is 2. The Hall–Kier alpha value is -1.80. The van der Waals surface area contributed by atoms with Crippen LogP contribution < -0.4 is 0 Å². The number of nitrogens with zero attached hydrogens (tertiary/aromatic N) is 2. The van der Waals surface area contributed by atoms with Crippen molar-refractivity contribution in [1.29, 1.82) is 0 Å². The molecule has 4 amide bonds. The van der Waals surface area contributed by atoms with Gasteiger partial charge < -0.3 is 9.59 Å². The molecule has 10 heteroatoms. The summed E-state index contributed by atoms with van der Waals surface area (Å²) in [4.78, 5) is 74.5. The van der Waals surface area contributed by atoms with Gasteiger partial charge in [0.2, 0.25) is 23.6 Å². The Morgan fingerprint density at radius 1 is 0.667 bits per heavy atom. The summed E-state index contributed by atoms with van der Waals surface area (Å²) in [6.45, 7) is 0. The van der Waals surface area contributed by atoms with Crippen LogP contribution in [0, 0.1) is 35.5 Å². The van der Waals surface area contributed by atoms with Crippen LogP contribution >= 0.6 is 23.2 Å². The minimum atomic E-state index is -1.18. The number of likely N-dealkylation sites (tertiary alicyclic amines) is 2. The van der Waals surface area contributed by atoms with Gasteiger partial charge >= 0.3 is 0 Å². The standard InChI is InChI=1S/C14H12Cl2N2O6/c15-3-17-11(21)7-5(1-19)8-10(6(2-20)9(7)13(17)23)14(24)18(4-16)12(8)22/h1-2,5-10H,3-4H2. The van der Waals surface area contributed by atoms with E-state index in [4.69, 9.17) is 23.2 Å². The number of alkyl halides is 2. The summed E-state index contributed by atoms with van der Waals surface area (Å²) < 4.78 is 0. The van der Waals surface area contributed by atoms with Crippen molar-refractivity contribution in [1.82, 2.24) is 9.80 Å². The van der Waals surface area contributed by atoms with E-state index in [1.54, 1.807) is 0 Å². The number of hydrogen-bond acceptors (Lipinski definition) is 6. The van der Waals surface area contributed by atoms with Crippen molar-refractivity contribution >= 4 is 59.4 Å². The van der Waals surface area contributed by atoms with Crippen molar-refractivity contribution in [3.05, 3.63) is 0 Å². The maximum Gasteiger partial charge on any atom is 0.234 e. The lowest BCUT2D eigenvalue weighted by Gasteiger charge is -2.37. The lowest BCUT2D eigenvalue weighted by atomic mass is 9.59. The smallest absolute Gasteiger partial charge is 0.234 e. The third-order valence-corrected chi connectivity index (χ3v) is 5.67. The van der Waals surface area contributed by atoms with E-state index in [9.17, 15) is 28.8 Å². The van der Waals surface area contributed by atoms with Gasteiger partial charge in [-0.1, -0.05) is 0 Å². The number of amides is 4. The molecular formula is C14H12Cl2N2O6. The van der Waals surface area contributed by atoms with Crippen LogP contribution in [0.5, 0.6) is 0 Å². The van der Waals surface area contributed by atoms with E-state index in [0.29, 0.717) is 12.6 Å². The molecule has 0 bridgehead atoms. The van der Waals surface area contributed by atoms with Gasteiger partial charge in [-0.05, 0) is 0 Å². The van der Waals surface area contributed by atoms with Crippen LogP contribution in [-0.2, 0) is 28.8 Å². The number of hydrogen-bond donors (Lipinski definition) is 0. The molecule has 128 valence electrons. The Balaban J connectivity index is 2.15. The molecule has 4 unspecified atom stereocenters. The van der Waals surface area contributed by atoms with Crippen LogP contribution in [0.2, 0.25) is 0 Å². The monoisotopic (exact) mass is 374 g/mol. The van der Waals surface area contributed by atoms with Gasteiger partial charge in [0.1, 0.15) is 24.6 Å². The first-order valence-corrected chi connectivity index (χ1v) is 8.24. The maximum absolute atomic E-state index is 12.4. The van der Waals surface area contributed by atoms with Crippen LogP contribution in [0.1, 0.15) is 0 Å². The van der Waals surface area contributed by atoms with Crippen LogP contribution in [0.25, 0.3) is 0 Å². The van der Waals surface area contributed by atoms with Gasteiger partial charge in [-0.2, -0.15) is 0 Å². The molecule has 0 N–H and O–H groups in total. The molecule has 0 aromatic heterocycles. The quantitative estimate of drug-likeness (QED) is 0.276. The summed E-state index contributed by atoms with van der Waals surface area (Å²) in [7, 11) is 0. The van der Waals surface area contributed by atoms with Crippen LogP contribution in [0.15, 0.2) is 0 Å². The Kier molecular flexibility index (Phi) is 4.21. The summed E-state index contributed by atoms with van der Waals surface area (Å²) >= 11 is 11.2. The largest absolute Gasteiger partial charge is 0.303 e. The second-order valence-electron chi connectivity index (χ2n) is 5.98. The van der Waals surface area contributed by atoms with Crippen molar-refractivity contribution in [2.45, 2.75) is 0 Å². The lowest BCUT2D eigenvalue weighted by molar-refractivity contribution is -0.146. The molecule has 3 rings (SSSR count). The highest BCUT2D eigenvalue weighted by Crippen LogP contribution is 2.52. The van der Waals surface area contributed by atoms with Gasteiger partial charge in [-0.3, -0.25) is 29.0 Å². The van der Waals surface area contributed by atoms with Crippen LogP contribution in [-0.4, -0.2) is 58.0 Å². The Labute approximate surface area is 146 Å². The van der Waals surface area contributed by atoms with Gasteiger partial charge in [0.15, 0.2) is 0 Å². The molecule has 3 aliphatic rings.